The summed E-state index contributed by atoms with van der Waals surface area (Å²) in [6.07, 6.45) is 1.99. The third-order valence-electron chi connectivity index (χ3n) is 5.55. The van der Waals surface area contributed by atoms with Gasteiger partial charge in [-0.25, -0.2) is 4.98 Å². The molecular weight excluding hydrogens is 356 g/mol. The van der Waals surface area contributed by atoms with Gasteiger partial charge in [0.15, 0.2) is 0 Å². The van der Waals surface area contributed by atoms with Gasteiger partial charge in [-0.15, -0.1) is 0 Å². The zero-order chi connectivity index (χ0) is 19.5. The Hall–Kier alpha value is -3.40. The summed E-state index contributed by atoms with van der Waals surface area (Å²) in [5.41, 5.74) is 5.13. The van der Waals surface area contributed by atoms with Gasteiger partial charge in [-0.2, -0.15) is 4.98 Å². The van der Waals surface area contributed by atoms with E-state index in [4.69, 9.17) is 9.97 Å². The largest absolute Gasteiger partial charge is 0.354 e. The van der Waals surface area contributed by atoms with Crippen LogP contribution in [-0.4, -0.2) is 23.1 Å². The average Bonchev–Trinajstić information content (AvgIpc) is 2.79. The van der Waals surface area contributed by atoms with Crippen LogP contribution in [0.4, 0.5) is 11.8 Å². The standard InChI is InChI=1S/C25H24N4/c1-2-8-19(9-3-1)14-16-26-25-27-23-13-7-6-12-22(23)24(28-25)29-17-15-20-10-4-5-11-21(20)18-29/h1-13H,14-18H2,(H,26,27,28). The van der Waals surface area contributed by atoms with Crippen LogP contribution in [0.1, 0.15) is 16.7 Å². The van der Waals surface area contributed by atoms with Gasteiger partial charge in [0.2, 0.25) is 5.95 Å². The molecule has 4 heteroatoms. The van der Waals surface area contributed by atoms with Gasteiger partial charge >= 0.3 is 0 Å². The summed E-state index contributed by atoms with van der Waals surface area (Å²) in [5.74, 6) is 1.72. The predicted octanol–water partition coefficient (Wildman–Crippen LogP) is 4.85. The second-order valence-electron chi connectivity index (χ2n) is 7.49. The molecule has 29 heavy (non-hydrogen) atoms. The van der Waals surface area contributed by atoms with Gasteiger partial charge in [0.05, 0.1) is 5.52 Å². The van der Waals surface area contributed by atoms with Crippen molar-refractivity contribution in [2.45, 2.75) is 19.4 Å². The van der Waals surface area contributed by atoms with Crippen molar-refractivity contribution in [2.75, 3.05) is 23.3 Å². The van der Waals surface area contributed by atoms with Crippen LogP contribution in [0.25, 0.3) is 10.9 Å². The first kappa shape index (κ1) is 17.7. The van der Waals surface area contributed by atoms with Crippen LogP contribution in [0, 0.1) is 0 Å². The minimum Gasteiger partial charge on any atom is -0.354 e. The van der Waals surface area contributed by atoms with Crippen LogP contribution in [0.3, 0.4) is 0 Å². The van der Waals surface area contributed by atoms with Crippen LogP contribution < -0.4 is 10.2 Å². The maximum absolute atomic E-state index is 4.93. The Balaban J connectivity index is 1.42. The molecule has 1 aliphatic heterocycles. The molecule has 0 saturated carbocycles. The summed E-state index contributed by atoms with van der Waals surface area (Å²) in [6, 6.07) is 27.5. The maximum atomic E-state index is 4.93. The number of hydrogen-bond acceptors (Lipinski definition) is 4. The number of anilines is 2. The molecule has 0 bridgehead atoms. The van der Waals surface area contributed by atoms with Crippen molar-refractivity contribution in [1.82, 2.24) is 9.97 Å². The van der Waals surface area contributed by atoms with Crippen LogP contribution in [0.2, 0.25) is 0 Å². The van der Waals surface area contributed by atoms with Gasteiger partial charge in [-0.3, -0.25) is 0 Å². The van der Waals surface area contributed by atoms with Crippen molar-refractivity contribution >= 4 is 22.7 Å². The van der Waals surface area contributed by atoms with E-state index in [2.05, 4.69) is 76.9 Å². The van der Waals surface area contributed by atoms with Gasteiger partial charge in [0, 0.05) is 25.0 Å². The number of nitrogens with zero attached hydrogens (tertiary/aromatic N) is 3. The second kappa shape index (κ2) is 7.92. The van der Waals surface area contributed by atoms with Gasteiger partial charge in [0.1, 0.15) is 5.82 Å². The van der Waals surface area contributed by atoms with E-state index in [1.807, 2.05) is 12.1 Å². The van der Waals surface area contributed by atoms with Crippen LogP contribution in [0.5, 0.6) is 0 Å². The van der Waals surface area contributed by atoms with E-state index in [1.165, 1.54) is 16.7 Å². The van der Waals surface area contributed by atoms with Crippen molar-refractivity contribution in [3.63, 3.8) is 0 Å². The Labute approximate surface area is 171 Å². The zero-order valence-electron chi connectivity index (χ0n) is 16.4. The molecular formula is C25H24N4. The van der Waals surface area contributed by atoms with Gasteiger partial charge in [-0.05, 0) is 41.7 Å². The molecule has 0 aliphatic carbocycles. The molecule has 5 rings (SSSR count). The molecule has 3 aromatic carbocycles. The highest BCUT2D eigenvalue weighted by Gasteiger charge is 2.20. The average molecular weight is 380 g/mol. The summed E-state index contributed by atoms with van der Waals surface area (Å²) in [6.45, 7) is 2.67. The molecule has 1 N–H and O–H groups in total. The quantitative estimate of drug-likeness (QED) is 0.537. The fraction of sp³-hybridized carbons (Fsp3) is 0.200. The summed E-state index contributed by atoms with van der Waals surface area (Å²) in [5, 5.41) is 4.55. The Kier molecular flexibility index (Phi) is 4.83. The molecule has 0 atom stereocenters. The van der Waals surface area contributed by atoms with Gasteiger partial charge in [0.25, 0.3) is 0 Å². The number of fused-ring (bicyclic) bond motifs is 2. The molecule has 1 aliphatic rings. The summed E-state index contributed by atoms with van der Waals surface area (Å²) >= 11 is 0. The predicted molar refractivity (Wildman–Crippen MR) is 119 cm³/mol. The number of para-hydroxylation sites is 1. The Morgan fingerprint density at radius 1 is 0.793 bits per heavy atom. The lowest BCUT2D eigenvalue weighted by Crippen LogP contribution is -2.31. The Morgan fingerprint density at radius 3 is 2.45 bits per heavy atom. The summed E-state index contributed by atoms with van der Waals surface area (Å²) in [4.78, 5) is 12.1. The molecule has 0 saturated heterocycles. The Bertz CT molecular complexity index is 1120. The van der Waals surface area contributed by atoms with E-state index < -0.39 is 0 Å². The van der Waals surface area contributed by atoms with Crippen molar-refractivity contribution in [1.29, 1.82) is 0 Å². The third kappa shape index (κ3) is 3.79. The van der Waals surface area contributed by atoms with Gasteiger partial charge < -0.3 is 10.2 Å². The van der Waals surface area contributed by atoms with Crippen molar-refractivity contribution in [3.8, 4) is 0 Å². The van der Waals surface area contributed by atoms with Crippen molar-refractivity contribution in [2.24, 2.45) is 0 Å². The second-order valence-corrected chi connectivity index (χ2v) is 7.49. The highest BCUT2D eigenvalue weighted by Crippen LogP contribution is 2.29. The SMILES string of the molecule is c1ccc(CCNc2nc(N3CCc4ccccc4C3)c3ccccc3n2)cc1. The van der Waals surface area contributed by atoms with Crippen LogP contribution >= 0.6 is 0 Å². The first-order valence-corrected chi connectivity index (χ1v) is 10.2. The molecule has 144 valence electrons. The highest BCUT2D eigenvalue weighted by molar-refractivity contribution is 5.90. The minimum absolute atomic E-state index is 0.702. The molecule has 0 unspecified atom stereocenters. The molecule has 4 aromatic rings. The molecule has 1 aromatic heterocycles. The number of nitrogens with one attached hydrogen (secondary N) is 1. The molecule has 0 amide bonds. The van der Waals surface area contributed by atoms with Gasteiger partial charge in [-0.1, -0.05) is 66.7 Å². The number of hydrogen-bond donors (Lipinski definition) is 1. The van der Waals surface area contributed by atoms with Crippen LogP contribution in [-0.2, 0) is 19.4 Å². The lowest BCUT2D eigenvalue weighted by Gasteiger charge is -2.30. The first-order valence-electron chi connectivity index (χ1n) is 10.2. The molecule has 0 fully saturated rings. The first-order chi connectivity index (χ1) is 14.4. The van der Waals surface area contributed by atoms with E-state index in [1.54, 1.807) is 0 Å². The molecule has 0 spiro atoms. The monoisotopic (exact) mass is 380 g/mol. The number of aromatic nitrogens is 2. The lowest BCUT2D eigenvalue weighted by molar-refractivity contribution is 0.723. The third-order valence-corrected chi connectivity index (χ3v) is 5.55. The van der Waals surface area contributed by atoms with E-state index in [0.29, 0.717) is 5.95 Å². The smallest absolute Gasteiger partial charge is 0.225 e. The number of rotatable bonds is 5. The summed E-state index contributed by atoms with van der Waals surface area (Å²) in [7, 11) is 0. The Morgan fingerprint density at radius 2 is 1.55 bits per heavy atom. The van der Waals surface area contributed by atoms with Crippen LogP contribution in [0.15, 0.2) is 78.9 Å². The minimum atomic E-state index is 0.702. The van der Waals surface area contributed by atoms with E-state index in [-0.39, 0.29) is 0 Å². The van der Waals surface area contributed by atoms with E-state index >= 15 is 0 Å². The fourth-order valence-corrected chi connectivity index (χ4v) is 4.02. The molecule has 0 radical (unpaired) electrons. The maximum Gasteiger partial charge on any atom is 0.225 e. The normalized spacial score (nSPS) is 13.3. The molecule has 2 heterocycles. The zero-order valence-corrected chi connectivity index (χ0v) is 16.4. The summed E-state index contributed by atoms with van der Waals surface area (Å²) < 4.78 is 0. The lowest BCUT2D eigenvalue weighted by atomic mass is 10.00. The van der Waals surface area contributed by atoms with Crippen molar-refractivity contribution < 1.29 is 0 Å². The topological polar surface area (TPSA) is 41.1 Å². The van der Waals surface area contributed by atoms with Crippen molar-refractivity contribution in [3.05, 3.63) is 95.6 Å². The van der Waals surface area contributed by atoms with E-state index in [9.17, 15) is 0 Å². The highest BCUT2D eigenvalue weighted by atomic mass is 15.2. The number of benzene rings is 3. The molecule has 4 nitrogen and oxygen atoms in total. The van der Waals surface area contributed by atoms with E-state index in [0.717, 1.165) is 49.2 Å². The fourth-order valence-electron chi connectivity index (χ4n) is 4.02.